The molecule has 0 atom stereocenters. The summed E-state index contributed by atoms with van der Waals surface area (Å²) in [4.78, 5) is 16.5. The summed E-state index contributed by atoms with van der Waals surface area (Å²) in [5.41, 5.74) is 0. The predicted molar refractivity (Wildman–Crippen MR) is 54.6 cm³/mol. The van der Waals surface area contributed by atoms with Gasteiger partial charge in [0.25, 0.3) is 5.82 Å². The van der Waals surface area contributed by atoms with Crippen LogP contribution in [0.15, 0.2) is 21.6 Å². The fourth-order valence-electron chi connectivity index (χ4n) is 1.06. The van der Waals surface area contributed by atoms with Crippen LogP contribution in [-0.2, 0) is 4.79 Å². The molecular formula is C8H8N4O3S. The van der Waals surface area contributed by atoms with Crippen LogP contribution in [0.25, 0.3) is 11.6 Å². The highest BCUT2D eigenvalue weighted by Gasteiger charge is 2.15. The predicted octanol–water partition coefficient (Wildman–Crippen LogP) is 0.630. The molecular weight excluding hydrogens is 232 g/mol. The molecule has 0 saturated carbocycles. The van der Waals surface area contributed by atoms with Crippen molar-refractivity contribution in [2.75, 3.05) is 6.26 Å². The highest BCUT2D eigenvalue weighted by molar-refractivity contribution is 7.98. The number of nitrogens with zero attached hydrogens (tertiary/aromatic N) is 4. The molecule has 2 heterocycles. The normalized spacial score (nSPS) is 10.4. The molecule has 0 saturated heterocycles. The van der Waals surface area contributed by atoms with E-state index < -0.39 is 5.97 Å². The van der Waals surface area contributed by atoms with Gasteiger partial charge in [0.05, 0.1) is 0 Å². The van der Waals surface area contributed by atoms with Crippen LogP contribution >= 0.6 is 11.8 Å². The van der Waals surface area contributed by atoms with Crippen molar-refractivity contribution >= 4 is 17.7 Å². The minimum absolute atomic E-state index is 0.246. The van der Waals surface area contributed by atoms with Gasteiger partial charge in [-0.2, -0.15) is 0 Å². The summed E-state index contributed by atoms with van der Waals surface area (Å²) in [5.74, 6) is 0.177. The lowest BCUT2D eigenvalue weighted by Gasteiger charge is -1.99. The molecule has 0 bridgehead atoms. The Morgan fingerprint density at radius 2 is 2.38 bits per heavy atom. The maximum Gasteiger partial charge on any atom is 0.332 e. The molecule has 2 aromatic rings. The number of hydrogen-bond donors (Lipinski definition) is 0. The van der Waals surface area contributed by atoms with E-state index in [0.29, 0.717) is 5.76 Å². The highest BCUT2D eigenvalue weighted by atomic mass is 32.2. The van der Waals surface area contributed by atoms with E-state index in [4.69, 9.17) is 9.25 Å². The zero-order valence-electron chi connectivity index (χ0n) is 8.58. The summed E-state index contributed by atoms with van der Waals surface area (Å²) in [5, 5.41) is 11.4. The number of aromatic nitrogens is 4. The molecule has 8 heteroatoms. The first kappa shape index (κ1) is 10.7. The molecule has 16 heavy (non-hydrogen) atoms. The van der Waals surface area contributed by atoms with Gasteiger partial charge in [0.2, 0.25) is 0 Å². The average molecular weight is 240 g/mol. The van der Waals surface area contributed by atoms with Crippen molar-refractivity contribution in [1.82, 2.24) is 20.4 Å². The van der Waals surface area contributed by atoms with Gasteiger partial charge in [0, 0.05) is 6.92 Å². The second-order valence-electron chi connectivity index (χ2n) is 2.78. The SMILES string of the molecule is CSc1ccc(-c2nnnn2OC(C)=O)o1. The van der Waals surface area contributed by atoms with E-state index in [9.17, 15) is 4.79 Å². The van der Waals surface area contributed by atoms with Crippen molar-refractivity contribution in [3.05, 3.63) is 12.1 Å². The van der Waals surface area contributed by atoms with Crippen LogP contribution in [0.2, 0.25) is 0 Å². The maximum atomic E-state index is 10.8. The Morgan fingerprint density at radius 3 is 3.00 bits per heavy atom. The van der Waals surface area contributed by atoms with Crippen LogP contribution in [-0.4, -0.2) is 32.6 Å². The molecule has 2 aromatic heterocycles. The summed E-state index contributed by atoms with van der Waals surface area (Å²) in [6.07, 6.45) is 1.89. The Balaban J connectivity index is 2.32. The molecule has 7 nitrogen and oxygen atoms in total. The molecule has 0 N–H and O–H groups in total. The third kappa shape index (κ3) is 2.06. The van der Waals surface area contributed by atoms with Gasteiger partial charge in [-0.15, -0.1) is 5.10 Å². The first-order valence-electron chi connectivity index (χ1n) is 4.32. The third-order valence-corrected chi connectivity index (χ3v) is 2.28. The quantitative estimate of drug-likeness (QED) is 0.574. The minimum atomic E-state index is -0.509. The van der Waals surface area contributed by atoms with Crippen LogP contribution in [0.1, 0.15) is 6.92 Å². The number of tetrazole rings is 1. The standard InChI is InChI=1S/C8H8N4O3S/c1-5(13)15-12-8(9-10-11-12)6-3-4-7(14-6)16-2/h3-4H,1-2H3. The van der Waals surface area contributed by atoms with E-state index in [1.165, 1.54) is 18.7 Å². The topological polar surface area (TPSA) is 83.0 Å². The highest BCUT2D eigenvalue weighted by Crippen LogP contribution is 2.24. The summed E-state index contributed by atoms with van der Waals surface area (Å²) in [6, 6.07) is 3.49. The number of thioether (sulfide) groups is 1. The Morgan fingerprint density at radius 1 is 1.56 bits per heavy atom. The van der Waals surface area contributed by atoms with E-state index in [-0.39, 0.29) is 5.82 Å². The van der Waals surface area contributed by atoms with E-state index >= 15 is 0 Å². The number of hydrogen-bond acceptors (Lipinski definition) is 7. The van der Waals surface area contributed by atoms with Crippen molar-refractivity contribution < 1.29 is 14.0 Å². The molecule has 0 aliphatic carbocycles. The number of carbonyl (C=O) groups excluding carboxylic acids is 1. The lowest BCUT2D eigenvalue weighted by atomic mass is 10.4. The van der Waals surface area contributed by atoms with Crippen molar-refractivity contribution in [1.29, 1.82) is 0 Å². The molecule has 2 rings (SSSR count). The maximum absolute atomic E-state index is 10.8. The Bertz CT molecular complexity index is 507. The molecule has 0 unspecified atom stereocenters. The second kappa shape index (κ2) is 4.35. The van der Waals surface area contributed by atoms with Crippen LogP contribution in [0.3, 0.4) is 0 Å². The van der Waals surface area contributed by atoms with Crippen LogP contribution in [0.5, 0.6) is 0 Å². The summed E-state index contributed by atoms with van der Waals surface area (Å²) in [6.45, 7) is 1.26. The lowest BCUT2D eigenvalue weighted by molar-refractivity contribution is -0.143. The van der Waals surface area contributed by atoms with Crippen molar-refractivity contribution in [3.63, 3.8) is 0 Å². The Labute approximate surface area is 94.7 Å². The smallest absolute Gasteiger partial charge is 0.332 e. The summed E-state index contributed by atoms with van der Waals surface area (Å²) < 4.78 is 5.41. The summed E-state index contributed by atoms with van der Waals surface area (Å²) in [7, 11) is 0. The zero-order chi connectivity index (χ0) is 11.5. The first-order valence-corrected chi connectivity index (χ1v) is 5.54. The molecule has 0 aliphatic heterocycles. The van der Waals surface area contributed by atoms with Crippen LogP contribution < -0.4 is 4.84 Å². The van der Waals surface area contributed by atoms with Crippen molar-refractivity contribution in [3.8, 4) is 11.6 Å². The summed E-state index contributed by atoms with van der Waals surface area (Å²) >= 11 is 1.45. The molecule has 84 valence electrons. The monoisotopic (exact) mass is 240 g/mol. The van der Waals surface area contributed by atoms with Gasteiger partial charge in [-0.05, 0) is 33.7 Å². The molecule has 0 aromatic carbocycles. The molecule has 0 aliphatic rings. The van der Waals surface area contributed by atoms with Crippen LogP contribution in [0.4, 0.5) is 0 Å². The van der Waals surface area contributed by atoms with E-state index in [0.717, 1.165) is 9.94 Å². The zero-order valence-corrected chi connectivity index (χ0v) is 9.39. The minimum Gasteiger partial charge on any atom is -0.446 e. The van der Waals surface area contributed by atoms with Gasteiger partial charge in [-0.3, -0.25) is 0 Å². The Kier molecular flexibility index (Phi) is 2.91. The van der Waals surface area contributed by atoms with E-state index in [1.807, 2.05) is 6.26 Å². The molecule has 0 fully saturated rings. The number of carbonyl (C=O) groups is 1. The molecule has 0 amide bonds. The number of furan rings is 1. The van der Waals surface area contributed by atoms with Gasteiger partial charge in [-0.1, -0.05) is 11.8 Å². The second-order valence-corrected chi connectivity index (χ2v) is 3.59. The van der Waals surface area contributed by atoms with Crippen molar-refractivity contribution in [2.24, 2.45) is 0 Å². The van der Waals surface area contributed by atoms with Gasteiger partial charge < -0.3 is 9.25 Å². The van der Waals surface area contributed by atoms with E-state index in [1.54, 1.807) is 12.1 Å². The fourth-order valence-corrected chi connectivity index (χ4v) is 1.43. The van der Waals surface area contributed by atoms with Crippen molar-refractivity contribution in [2.45, 2.75) is 12.0 Å². The first-order chi connectivity index (χ1) is 7.70. The molecule has 0 spiro atoms. The lowest BCUT2D eigenvalue weighted by Crippen LogP contribution is -2.18. The van der Waals surface area contributed by atoms with Crippen LogP contribution in [0, 0.1) is 0 Å². The van der Waals surface area contributed by atoms with Gasteiger partial charge >= 0.3 is 5.97 Å². The fraction of sp³-hybridized carbons (Fsp3) is 0.250. The average Bonchev–Trinajstić information content (AvgIpc) is 2.84. The van der Waals surface area contributed by atoms with Gasteiger partial charge in [-0.25, -0.2) is 4.79 Å². The largest absolute Gasteiger partial charge is 0.446 e. The third-order valence-electron chi connectivity index (χ3n) is 1.66. The number of rotatable bonds is 3. The van der Waals surface area contributed by atoms with Gasteiger partial charge in [0.15, 0.2) is 10.9 Å². The van der Waals surface area contributed by atoms with Gasteiger partial charge in [0.1, 0.15) is 0 Å². The Hall–Kier alpha value is -1.83. The van der Waals surface area contributed by atoms with E-state index in [2.05, 4.69) is 15.5 Å². The molecule has 0 radical (unpaired) electrons.